The minimum Gasteiger partial charge on any atom is -0.385 e. The summed E-state index contributed by atoms with van der Waals surface area (Å²) >= 11 is 0. The summed E-state index contributed by atoms with van der Waals surface area (Å²) in [6, 6.07) is 0. The number of hydrogen-bond acceptors (Lipinski definition) is 3. The van der Waals surface area contributed by atoms with Crippen molar-refractivity contribution in [1.29, 1.82) is 0 Å². The summed E-state index contributed by atoms with van der Waals surface area (Å²) in [5.41, 5.74) is -0.0948. The molecule has 1 heterocycles. The number of carbonyl (C=O) groups excluding carboxylic acids is 1. The lowest BCUT2D eigenvalue weighted by atomic mass is 10.0. The fourth-order valence-electron chi connectivity index (χ4n) is 1.87. The molecule has 0 radical (unpaired) electrons. The molecule has 1 saturated heterocycles. The van der Waals surface area contributed by atoms with E-state index in [1.165, 1.54) is 0 Å². The van der Waals surface area contributed by atoms with E-state index in [1.807, 2.05) is 13.8 Å². The smallest absolute Gasteiger partial charge is 0.234 e. The van der Waals surface area contributed by atoms with Crippen LogP contribution in [0.2, 0.25) is 0 Å². The monoisotopic (exact) mass is 200 g/mol. The molecular formula is C10H20N2O2. The molecule has 82 valence electrons. The number of nitrogens with one attached hydrogen (secondary N) is 1. The van der Waals surface area contributed by atoms with Gasteiger partial charge in [0.2, 0.25) is 5.91 Å². The summed E-state index contributed by atoms with van der Waals surface area (Å²) in [4.78, 5) is 13.5. The highest BCUT2D eigenvalue weighted by Crippen LogP contribution is 2.10. The average Bonchev–Trinajstić information content (AvgIpc) is 2.00. The first kappa shape index (κ1) is 11.5. The lowest BCUT2D eigenvalue weighted by Gasteiger charge is -2.38. The van der Waals surface area contributed by atoms with E-state index in [0.717, 1.165) is 26.1 Å². The molecule has 1 aliphatic rings. The third kappa shape index (κ3) is 3.64. The molecule has 1 aliphatic heterocycles. The molecule has 0 unspecified atom stereocenters. The Balaban J connectivity index is 2.34. The zero-order valence-corrected chi connectivity index (χ0v) is 9.30. The first-order valence-electron chi connectivity index (χ1n) is 5.06. The number of carbonyl (C=O) groups is 1. The molecule has 0 aromatic carbocycles. The Hall–Kier alpha value is -0.610. The molecule has 0 aromatic rings. The Kier molecular flexibility index (Phi) is 3.89. The van der Waals surface area contributed by atoms with Crippen molar-refractivity contribution in [1.82, 2.24) is 10.2 Å². The van der Waals surface area contributed by atoms with Crippen molar-refractivity contribution in [3.63, 3.8) is 0 Å². The Morgan fingerprint density at radius 1 is 1.57 bits per heavy atom. The Morgan fingerprint density at radius 3 is 2.86 bits per heavy atom. The SMILES string of the molecule is COCCCN1CC(=O)NC(C)(C)C1. The molecule has 0 spiro atoms. The summed E-state index contributed by atoms with van der Waals surface area (Å²) in [6.45, 7) is 7.24. The first-order chi connectivity index (χ1) is 6.53. The highest BCUT2D eigenvalue weighted by molar-refractivity contribution is 5.79. The van der Waals surface area contributed by atoms with Crippen LogP contribution in [-0.2, 0) is 9.53 Å². The van der Waals surface area contributed by atoms with Crippen LogP contribution in [0.3, 0.4) is 0 Å². The van der Waals surface area contributed by atoms with Crippen LogP contribution in [0, 0.1) is 0 Å². The molecule has 0 aromatic heterocycles. The molecular weight excluding hydrogens is 180 g/mol. The number of piperazine rings is 1. The van der Waals surface area contributed by atoms with E-state index in [0.29, 0.717) is 6.54 Å². The maximum absolute atomic E-state index is 11.3. The van der Waals surface area contributed by atoms with Crippen LogP contribution in [0.1, 0.15) is 20.3 Å². The van der Waals surface area contributed by atoms with Crippen LogP contribution >= 0.6 is 0 Å². The normalized spacial score (nSPS) is 22.1. The number of hydrogen-bond donors (Lipinski definition) is 1. The van der Waals surface area contributed by atoms with Crippen molar-refractivity contribution in [3.8, 4) is 0 Å². The van der Waals surface area contributed by atoms with Gasteiger partial charge in [0.1, 0.15) is 0 Å². The molecule has 0 atom stereocenters. The van der Waals surface area contributed by atoms with Gasteiger partial charge < -0.3 is 10.1 Å². The zero-order chi connectivity index (χ0) is 10.6. The second kappa shape index (κ2) is 4.75. The van der Waals surface area contributed by atoms with Gasteiger partial charge in [-0.15, -0.1) is 0 Å². The molecule has 0 bridgehead atoms. The summed E-state index contributed by atoms with van der Waals surface area (Å²) < 4.78 is 4.98. The Bertz CT molecular complexity index is 204. The van der Waals surface area contributed by atoms with Crippen LogP contribution < -0.4 is 5.32 Å². The third-order valence-electron chi connectivity index (χ3n) is 2.29. The van der Waals surface area contributed by atoms with E-state index in [9.17, 15) is 4.79 Å². The van der Waals surface area contributed by atoms with E-state index in [1.54, 1.807) is 7.11 Å². The van der Waals surface area contributed by atoms with Gasteiger partial charge in [-0.25, -0.2) is 0 Å². The van der Waals surface area contributed by atoms with E-state index in [-0.39, 0.29) is 11.4 Å². The van der Waals surface area contributed by atoms with Crippen molar-refractivity contribution < 1.29 is 9.53 Å². The van der Waals surface area contributed by atoms with Crippen LogP contribution in [0.15, 0.2) is 0 Å². The molecule has 1 rings (SSSR count). The van der Waals surface area contributed by atoms with Gasteiger partial charge in [0, 0.05) is 32.3 Å². The summed E-state index contributed by atoms with van der Waals surface area (Å²) in [5, 5.41) is 2.96. The lowest BCUT2D eigenvalue weighted by Crippen LogP contribution is -2.60. The van der Waals surface area contributed by atoms with Gasteiger partial charge in [-0.3, -0.25) is 9.69 Å². The number of methoxy groups -OCH3 is 1. The molecule has 1 amide bonds. The predicted molar refractivity (Wildman–Crippen MR) is 55.2 cm³/mol. The highest BCUT2D eigenvalue weighted by atomic mass is 16.5. The standard InChI is InChI=1S/C10H20N2O2/c1-10(2)8-12(5-4-6-14-3)7-9(13)11-10/h4-8H2,1-3H3,(H,11,13). The summed E-state index contributed by atoms with van der Waals surface area (Å²) in [5.74, 6) is 0.124. The third-order valence-corrected chi connectivity index (χ3v) is 2.29. The van der Waals surface area contributed by atoms with Gasteiger partial charge in [0.05, 0.1) is 6.54 Å². The van der Waals surface area contributed by atoms with Crippen molar-refractivity contribution in [3.05, 3.63) is 0 Å². The van der Waals surface area contributed by atoms with Gasteiger partial charge >= 0.3 is 0 Å². The maximum Gasteiger partial charge on any atom is 0.234 e. The number of rotatable bonds is 4. The van der Waals surface area contributed by atoms with Crippen molar-refractivity contribution in [2.75, 3.05) is 33.4 Å². The van der Waals surface area contributed by atoms with Crippen molar-refractivity contribution in [2.45, 2.75) is 25.8 Å². The fraction of sp³-hybridized carbons (Fsp3) is 0.900. The summed E-state index contributed by atoms with van der Waals surface area (Å²) in [7, 11) is 1.70. The topological polar surface area (TPSA) is 41.6 Å². The predicted octanol–water partition coefficient (Wildman–Crippen LogP) is 0.233. The lowest BCUT2D eigenvalue weighted by molar-refractivity contribution is -0.127. The molecule has 1 fully saturated rings. The first-order valence-corrected chi connectivity index (χ1v) is 5.06. The van der Waals surface area contributed by atoms with Gasteiger partial charge in [-0.1, -0.05) is 0 Å². The van der Waals surface area contributed by atoms with E-state index < -0.39 is 0 Å². The molecule has 4 nitrogen and oxygen atoms in total. The quantitative estimate of drug-likeness (QED) is 0.661. The Labute approximate surface area is 85.6 Å². The van der Waals surface area contributed by atoms with E-state index in [2.05, 4.69) is 10.2 Å². The van der Waals surface area contributed by atoms with E-state index >= 15 is 0 Å². The average molecular weight is 200 g/mol. The molecule has 0 saturated carbocycles. The van der Waals surface area contributed by atoms with Crippen LogP contribution in [0.4, 0.5) is 0 Å². The number of amides is 1. The van der Waals surface area contributed by atoms with Crippen LogP contribution in [-0.4, -0.2) is 49.7 Å². The van der Waals surface area contributed by atoms with Crippen molar-refractivity contribution in [2.24, 2.45) is 0 Å². The molecule has 14 heavy (non-hydrogen) atoms. The molecule has 1 N–H and O–H groups in total. The Morgan fingerprint density at radius 2 is 2.29 bits per heavy atom. The second-order valence-electron chi connectivity index (χ2n) is 4.49. The zero-order valence-electron chi connectivity index (χ0n) is 9.30. The minimum atomic E-state index is -0.0948. The van der Waals surface area contributed by atoms with Crippen LogP contribution in [0.5, 0.6) is 0 Å². The largest absolute Gasteiger partial charge is 0.385 e. The van der Waals surface area contributed by atoms with Crippen LogP contribution in [0.25, 0.3) is 0 Å². The minimum absolute atomic E-state index is 0.0948. The maximum atomic E-state index is 11.3. The molecule has 4 heteroatoms. The second-order valence-corrected chi connectivity index (χ2v) is 4.49. The number of ether oxygens (including phenoxy) is 1. The summed E-state index contributed by atoms with van der Waals surface area (Å²) in [6.07, 6.45) is 0.986. The van der Waals surface area contributed by atoms with Gasteiger partial charge in [0.15, 0.2) is 0 Å². The number of nitrogens with zero attached hydrogens (tertiary/aromatic N) is 1. The van der Waals surface area contributed by atoms with Gasteiger partial charge in [0.25, 0.3) is 0 Å². The van der Waals surface area contributed by atoms with Gasteiger partial charge in [-0.05, 0) is 20.3 Å². The van der Waals surface area contributed by atoms with Crippen molar-refractivity contribution >= 4 is 5.91 Å². The van der Waals surface area contributed by atoms with E-state index in [4.69, 9.17) is 4.74 Å². The molecule has 0 aliphatic carbocycles. The highest BCUT2D eigenvalue weighted by Gasteiger charge is 2.29. The fourth-order valence-corrected chi connectivity index (χ4v) is 1.87. The van der Waals surface area contributed by atoms with Gasteiger partial charge in [-0.2, -0.15) is 0 Å².